The smallest absolute Gasteiger partial charge is 0.191 e. The number of aryl methyl sites for hydroxylation is 1. The molecule has 0 aliphatic heterocycles. The van der Waals surface area contributed by atoms with Crippen LogP contribution in [0.4, 0.5) is 0 Å². The van der Waals surface area contributed by atoms with Gasteiger partial charge < -0.3 is 19.9 Å². The van der Waals surface area contributed by atoms with E-state index in [0.29, 0.717) is 12.6 Å². The lowest BCUT2D eigenvalue weighted by atomic mass is 9.95. The zero-order chi connectivity index (χ0) is 20.1. The summed E-state index contributed by atoms with van der Waals surface area (Å²) in [5, 5.41) is 15.4. The molecule has 156 valence electrons. The molecular weight excluding hydrogens is 364 g/mol. The Bertz CT molecular complexity index is 832. The van der Waals surface area contributed by atoms with Gasteiger partial charge in [-0.3, -0.25) is 0 Å². The third-order valence-corrected chi connectivity index (χ3v) is 6.32. The minimum Gasteiger partial charge on any atom is -0.496 e. The van der Waals surface area contributed by atoms with Crippen LogP contribution in [-0.4, -0.2) is 40.4 Å². The van der Waals surface area contributed by atoms with Crippen LogP contribution >= 0.6 is 0 Å². The van der Waals surface area contributed by atoms with Crippen molar-refractivity contribution in [3.8, 4) is 5.75 Å². The maximum Gasteiger partial charge on any atom is 0.191 e. The Hall–Kier alpha value is -2.57. The van der Waals surface area contributed by atoms with Gasteiger partial charge in [0.05, 0.1) is 13.7 Å². The standard InChI is InChI=1S/C22H32N6O/c1-3-21-27-25-15-28(21)11-10-23-22(26-19-13-16-8-9-17(19)12-16)24-14-18-6-4-5-7-20(18)29-2/h4-7,15-17,19H,3,8-14H2,1-2H3,(H2,23,24,26). The summed E-state index contributed by atoms with van der Waals surface area (Å²) < 4.78 is 7.58. The molecule has 4 rings (SSSR count). The highest BCUT2D eigenvalue weighted by molar-refractivity contribution is 5.80. The number of methoxy groups -OCH3 is 1. The molecule has 1 heterocycles. The first-order valence-electron chi connectivity index (χ1n) is 10.8. The average molecular weight is 397 g/mol. The van der Waals surface area contributed by atoms with Crippen LogP contribution in [-0.2, 0) is 19.5 Å². The highest BCUT2D eigenvalue weighted by Gasteiger charge is 2.39. The van der Waals surface area contributed by atoms with Crippen molar-refractivity contribution in [2.24, 2.45) is 16.8 Å². The summed E-state index contributed by atoms with van der Waals surface area (Å²) in [6.07, 6.45) is 8.08. The number of para-hydroxylation sites is 1. The van der Waals surface area contributed by atoms with E-state index in [1.165, 1.54) is 25.7 Å². The molecule has 1 aromatic heterocycles. The summed E-state index contributed by atoms with van der Waals surface area (Å²) in [7, 11) is 1.71. The number of guanidine groups is 1. The lowest BCUT2D eigenvalue weighted by Crippen LogP contribution is -2.46. The number of fused-ring (bicyclic) bond motifs is 2. The van der Waals surface area contributed by atoms with Crippen molar-refractivity contribution < 1.29 is 4.74 Å². The highest BCUT2D eigenvalue weighted by Crippen LogP contribution is 2.44. The highest BCUT2D eigenvalue weighted by atomic mass is 16.5. The monoisotopic (exact) mass is 396 g/mol. The van der Waals surface area contributed by atoms with Crippen LogP contribution in [0.25, 0.3) is 0 Å². The van der Waals surface area contributed by atoms with Crippen LogP contribution in [0.3, 0.4) is 0 Å². The van der Waals surface area contributed by atoms with Crippen molar-refractivity contribution in [2.75, 3.05) is 13.7 Å². The molecule has 7 nitrogen and oxygen atoms in total. The van der Waals surface area contributed by atoms with Gasteiger partial charge in [0, 0.05) is 31.1 Å². The van der Waals surface area contributed by atoms with Gasteiger partial charge in [-0.05, 0) is 37.2 Å². The van der Waals surface area contributed by atoms with E-state index >= 15 is 0 Å². The fourth-order valence-corrected chi connectivity index (χ4v) is 4.78. The lowest BCUT2D eigenvalue weighted by Gasteiger charge is -2.25. The predicted molar refractivity (Wildman–Crippen MR) is 114 cm³/mol. The molecule has 0 spiro atoms. The molecule has 2 fully saturated rings. The van der Waals surface area contributed by atoms with Crippen molar-refractivity contribution in [1.29, 1.82) is 0 Å². The van der Waals surface area contributed by atoms with Gasteiger partial charge in [-0.1, -0.05) is 31.5 Å². The van der Waals surface area contributed by atoms with Crippen LogP contribution in [0.1, 0.15) is 44.0 Å². The Morgan fingerprint density at radius 2 is 2.17 bits per heavy atom. The molecular formula is C22H32N6O. The first-order chi connectivity index (χ1) is 14.3. The van der Waals surface area contributed by atoms with E-state index in [4.69, 9.17) is 9.73 Å². The summed E-state index contributed by atoms with van der Waals surface area (Å²) >= 11 is 0. The molecule has 0 amide bonds. The minimum atomic E-state index is 0.541. The second kappa shape index (κ2) is 9.29. The molecule has 0 radical (unpaired) electrons. The fourth-order valence-electron chi connectivity index (χ4n) is 4.78. The Balaban J connectivity index is 1.41. The number of hydrogen-bond acceptors (Lipinski definition) is 4. The summed E-state index contributed by atoms with van der Waals surface area (Å²) in [6, 6.07) is 8.62. The summed E-state index contributed by atoms with van der Waals surface area (Å²) in [6.45, 7) is 4.30. The average Bonchev–Trinajstić information content (AvgIpc) is 3.49. The number of aromatic nitrogens is 3. The molecule has 2 aromatic rings. The van der Waals surface area contributed by atoms with Gasteiger partial charge in [0.2, 0.25) is 0 Å². The maximum atomic E-state index is 5.48. The SMILES string of the molecule is CCc1nncn1CCNC(=NCc1ccccc1OC)NC1CC2CCC1C2. The Morgan fingerprint density at radius 1 is 1.28 bits per heavy atom. The minimum absolute atomic E-state index is 0.541. The van der Waals surface area contributed by atoms with Crippen LogP contribution < -0.4 is 15.4 Å². The van der Waals surface area contributed by atoms with Crippen LogP contribution in [0.5, 0.6) is 5.75 Å². The lowest BCUT2D eigenvalue weighted by molar-refractivity contribution is 0.386. The van der Waals surface area contributed by atoms with Crippen molar-refractivity contribution in [2.45, 2.75) is 58.2 Å². The Labute approximate surface area is 173 Å². The normalized spacial score (nSPS) is 23.4. The first-order valence-corrected chi connectivity index (χ1v) is 10.8. The fraction of sp³-hybridized carbons (Fsp3) is 0.591. The summed E-state index contributed by atoms with van der Waals surface area (Å²) in [5.41, 5.74) is 1.09. The van der Waals surface area contributed by atoms with Crippen molar-refractivity contribution in [3.05, 3.63) is 42.0 Å². The molecule has 2 N–H and O–H groups in total. The number of nitrogens with one attached hydrogen (secondary N) is 2. The van der Waals surface area contributed by atoms with E-state index in [1.54, 1.807) is 13.4 Å². The third-order valence-electron chi connectivity index (χ3n) is 6.32. The van der Waals surface area contributed by atoms with Gasteiger partial charge in [0.25, 0.3) is 0 Å². The van der Waals surface area contributed by atoms with E-state index in [1.807, 2.05) is 18.2 Å². The molecule has 7 heteroatoms. The van der Waals surface area contributed by atoms with E-state index < -0.39 is 0 Å². The Kier molecular flexibility index (Phi) is 6.32. The van der Waals surface area contributed by atoms with Gasteiger partial charge in [0.1, 0.15) is 17.9 Å². The van der Waals surface area contributed by atoms with Crippen molar-refractivity contribution >= 4 is 5.96 Å². The molecule has 3 atom stereocenters. The van der Waals surface area contributed by atoms with Gasteiger partial charge in [-0.15, -0.1) is 10.2 Å². The topological polar surface area (TPSA) is 76.4 Å². The van der Waals surface area contributed by atoms with Crippen LogP contribution in [0, 0.1) is 11.8 Å². The molecule has 2 aliphatic carbocycles. The molecule has 3 unspecified atom stereocenters. The second-order valence-electron chi connectivity index (χ2n) is 8.12. The number of hydrogen-bond donors (Lipinski definition) is 2. The predicted octanol–water partition coefficient (Wildman–Crippen LogP) is 2.77. The number of ether oxygens (including phenoxy) is 1. The quantitative estimate of drug-likeness (QED) is 0.530. The van der Waals surface area contributed by atoms with E-state index in [2.05, 4.69) is 38.4 Å². The number of aliphatic imine (C=N–C) groups is 1. The Morgan fingerprint density at radius 3 is 2.93 bits per heavy atom. The van der Waals surface area contributed by atoms with E-state index in [9.17, 15) is 0 Å². The zero-order valence-corrected chi connectivity index (χ0v) is 17.5. The summed E-state index contributed by atoms with van der Waals surface area (Å²) in [4.78, 5) is 4.88. The largest absolute Gasteiger partial charge is 0.496 e. The molecule has 2 bridgehead atoms. The second-order valence-corrected chi connectivity index (χ2v) is 8.12. The molecule has 2 aliphatic rings. The molecule has 1 aromatic carbocycles. The molecule has 0 saturated heterocycles. The van der Waals surface area contributed by atoms with Crippen LogP contribution in [0.15, 0.2) is 35.6 Å². The number of benzene rings is 1. The molecule has 29 heavy (non-hydrogen) atoms. The van der Waals surface area contributed by atoms with Crippen molar-refractivity contribution in [1.82, 2.24) is 25.4 Å². The first kappa shape index (κ1) is 19.7. The number of nitrogens with zero attached hydrogens (tertiary/aromatic N) is 4. The van der Waals surface area contributed by atoms with Crippen molar-refractivity contribution in [3.63, 3.8) is 0 Å². The van der Waals surface area contributed by atoms with Gasteiger partial charge in [0.15, 0.2) is 5.96 Å². The number of rotatable bonds is 8. The van der Waals surface area contributed by atoms with Gasteiger partial charge in [-0.2, -0.15) is 0 Å². The van der Waals surface area contributed by atoms with Crippen LogP contribution in [0.2, 0.25) is 0 Å². The third kappa shape index (κ3) is 4.71. The zero-order valence-electron chi connectivity index (χ0n) is 17.5. The van der Waals surface area contributed by atoms with Gasteiger partial charge in [-0.25, -0.2) is 4.99 Å². The van der Waals surface area contributed by atoms with E-state index in [0.717, 1.165) is 54.4 Å². The van der Waals surface area contributed by atoms with Gasteiger partial charge >= 0.3 is 0 Å². The summed E-state index contributed by atoms with van der Waals surface area (Å²) in [5.74, 6) is 4.48. The molecule has 2 saturated carbocycles. The van der Waals surface area contributed by atoms with E-state index in [-0.39, 0.29) is 0 Å². The maximum absolute atomic E-state index is 5.48.